The van der Waals surface area contributed by atoms with Gasteiger partial charge < -0.3 is 44.9 Å². The van der Waals surface area contributed by atoms with Crippen molar-refractivity contribution in [1.29, 1.82) is 0 Å². The maximum absolute atomic E-state index is 14.3. The Morgan fingerprint density at radius 2 is 1.47 bits per heavy atom. The van der Waals surface area contributed by atoms with Gasteiger partial charge in [-0.3, -0.25) is 14.4 Å². The summed E-state index contributed by atoms with van der Waals surface area (Å²) in [5.41, 5.74) is 5.93. The molecule has 1 fully saturated rings. The summed E-state index contributed by atoms with van der Waals surface area (Å²) in [6.45, 7) is 15.1. The quantitative estimate of drug-likeness (QED) is 0.0443. The molecule has 3 amide bonds. The second-order valence-electron chi connectivity index (χ2n) is 21.2. The van der Waals surface area contributed by atoms with Gasteiger partial charge in [0.05, 0.1) is 39.7 Å². The number of fused-ring (bicyclic) bond motifs is 1. The highest BCUT2D eigenvalue weighted by molar-refractivity contribution is 7.90. The van der Waals surface area contributed by atoms with E-state index < -0.39 is 45.3 Å². The van der Waals surface area contributed by atoms with Crippen LogP contribution >= 0.6 is 11.3 Å². The van der Waals surface area contributed by atoms with Crippen molar-refractivity contribution in [2.24, 2.45) is 5.41 Å². The molecule has 0 saturated carbocycles. The van der Waals surface area contributed by atoms with Crippen LogP contribution in [0.4, 0.5) is 0 Å². The summed E-state index contributed by atoms with van der Waals surface area (Å²) in [7, 11) is -3.36. The first-order valence-electron chi connectivity index (χ1n) is 26.8. The molecule has 2 heterocycles. The summed E-state index contributed by atoms with van der Waals surface area (Å²) >= 11 is 1.57. The van der Waals surface area contributed by atoms with Gasteiger partial charge in [-0.2, -0.15) is 0 Å². The zero-order chi connectivity index (χ0) is 56.4. The van der Waals surface area contributed by atoms with E-state index in [2.05, 4.69) is 27.4 Å². The summed E-state index contributed by atoms with van der Waals surface area (Å²) in [4.78, 5) is 51.1. The highest BCUT2D eigenvalue weighted by Gasteiger charge is 2.45. The third-order valence-electron chi connectivity index (χ3n) is 14.2. The Balaban J connectivity index is 0.757. The number of ether oxygens (including phenoxy) is 3. The number of phenolic OH excluding ortho intramolecular Hbond substituents is 1. The van der Waals surface area contributed by atoms with Crippen molar-refractivity contribution in [3.05, 3.63) is 150 Å². The molecular formula is C62H71N5O10S2. The minimum absolute atomic E-state index is 0.0209. The highest BCUT2D eigenvalue weighted by Crippen LogP contribution is 2.41. The molecule has 0 spiro atoms. The smallest absolute Gasteiger partial charge is 0.251 e. The number of nitrogens with one attached hydrogen (secondary N) is 2. The fraction of sp³-hybridized carbons (Fsp3) is 0.355. The van der Waals surface area contributed by atoms with Crippen molar-refractivity contribution in [1.82, 2.24) is 25.4 Å². The number of likely N-dealkylation sites (N-methyl/N-ethyl adjacent to an activating group) is 1. The number of aliphatic hydroxyl groups excluding tert-OH is 1. The topological polar surface area (TPSA) is 197 Å². The molecule has 1 saturated heterocycles. The van der Waals surface area contributed by atoms with Crippen molar-refractivity contribution in [2.75, 3.05) is 45.6 Å². The normalized spacial score (nSPS) is 15.4. The predicted octanol–water partition coefficient (Wildman–Crippen LogP) is 10.8. The molecule has 0 aliphatic carbocycles. The number of β-amino-alcohol motifs (C(OH)–C–C–N with tert-alkyl or cyclic N) is 1. The first-order valence-corrected chi connectivity index (χ1v) is 29.5. The van der Waals surface area contributed by atoms with E-state index in [0.717, 1.165) is 82.5 Å². The van der Waals surface area contributed by atoms with Crippen LogP contribution in [0.2, 0.25) is 0 Å². The molecule has 17 heteroatoms. The van der Waals surface area contributed by atoms with E-state index in [9.17, 15) is 33.0 Å². The lowest BCUT2D eigenvalue weighted by Crippen LogP contribution is -2.57. The van der Waals surface area contributed by atoms with Crippen LogP contribution in [0.25, 0.3) is 32.3 Å². The van der Waals surface area contributed by atoms with Crippen LogP contribution in [-0.4, -0.2) is 115 Å². The number of unbranched alkanes of at least 4 members (excludes halogenated alkanes) is 2. The Morgan fingerprint density at radius 1 is 0.810 bits per heavy atom. The molecule has 0 unspecified atom stereocenters. The number of phenols is 1. The number of aryl methyl sites for hydroxylation is 1. The van der Waals surface area contributed by atoms with Crippen molar-refractivity contribution < 1.29 is 47.2 Å². The molecule has 0 bridgehead atoms. The molecule has 7 aromatic rings. The summed E-state index contributed by atoms with van der Waals surface area (Å²) < 4.78 is 42.9. The van der Waals surface area contributed by atoms with E-state index in [0.29, 0.717) is 41.8 Å². The summed E-state index contributed by atoms with van der Waals surface area (Å²) in [5, 5.41) is 28.4. The molecule has 1 aromatic heterocycles. The van der Waals surface area contributed by atoms with Crippen LogP contribution in [0.3, 0.4) is 0 Å². The van der Waals surface area contributed by atoms with E-state index in [1.165, 1.54) is 11.2 Å². The average molecular weight is 1110 g/mol. The molecule has 0 radical (unpaired) electrons. The molecular weight excluding hydrogens is 1040 g/mol. The number of carbonyl (C=O) groups is 3. The van der Waals surface area contributed by atoms with Gasteiger partial charge in [0.2, 0.25) is 11.8 Å². The molecule has 8 rings (SSSR count). The van der Waals surface area contributed by atoms with Crippen molar-refractivity contribution >= 4 is 49.7 Å². The molecule has 416 valence electrons. The lowest BCUT2D eigenvalue weighted by atomic mass is 9.85. The van der Waals surface area contributed by atoms with E-state index in [-0.39, 0.29) is 35.6 Å². The van der Waals surface area contributed by atoms with Gasteiger partial charge in [-0.1, -0.05) is 70.2 Å². The van der Waals surface area contributed by atoms with Crippen LogP contribution < -0.4 is 24.8 Å². The second-order valence-corrected chi connectivity index (χ2v) is 24.1. The van der Waals surface area contributed by atoms with E-state index in [1.807, 2.05) is 101 Å². The predicted molar refractivity (Wildman–Crippen MR) is 310 cm³/mol. The van der Waals surface area contributed by atoms with Crippen LogP contribution in [0.5, 0.6) is 28.7 Å². The number of thiazole rings is 1. The molecule has 6 aromatic carbocycles. The van der Waals surface area contributed by atoms with Gasteiger partial charge in [0.25, 0.3) is 5.91 Å². The minimum Gasteiger partial charge on any atom is -0.508 e. The van der Waals surface area contributed by atoms with Crippen LogP contribution in [0.15, 0.2) is 138 Å². The van der Waals surface area contributed by atoms with Crippen LogP contribution in [-0.2, 0) is 19.4 Å². The number of likely N-dealkylation sites (tertiary alicyclic amines) is 1. The molecule has 1 aliphatic rings. The molecule has 4 atom stereocenters. The van der Waals surface area contributed by atoms with Gasteiger partial charge >= 0.3 is 0 Å². The fourth-order valence-electron chi connectivity index (χ4n) is 9.69. The van der Waals surface area contributed by atoms with E-state index in [1.54, 1.807) is 78.1 Å². The van der Waals surface area contributed by atoms with Gasteiger partial charge in [-0.25, -0.2) is 13.4 Å². The van der Waals surface area contributed by atoms with E-state index in [4.69, 9.17) is 14.2 Å². The number of rotatable bonds is 23. The zero-order valence-electron chi connectivity index (χ0n) is 45.9. The van der Waals surface area contributed by atoms with Gasteiger partial charge in [-0.05, 0) is 159 Å². The van der Waals surface area contributed by atoms with Crippen molar-refractivity contribution in [2.45, 2.75) is 96.4 Å². The summed E-state index contributed by atoms with van der Waals surface area (Å²) in [6, 6.07) is 35.6. The largest absolute Gasteiger partial charge is 0.508 e. The van der Waals surface area contributed by atoms with Gasteiger partial charge in [0, 0.05) is 42.3 Å². The minimum atomic E-state index is -3.36. The molecule has 1 aliphatic heterocycles. The van der Waals surface area contributed by atoms with E-state index >= 15 is 0 Å². The fourth-order valence-corrected chi connectivity index (χ4v) is 11.1. The monoisotopic (exact) mass is 1110 g/mol. The Bertz CT molecular complexity index is 3330. The Kier molecular flexibility index (Phi) is 18.8. The Morgan fingerprint density at radius 3 is 2.11 bits per heavy atom. The molecule has 15 nitrogen and oxygen atoms in total. The lowest BCUT2D eigenvalue weighted by Gasteiger charge is -2.35. The first kappa shape index (κ1) is 57.9. The van der Waals surface area contributed by atoms with Gasteiger partial charge in [0.1, 0.15) is 47.4 Å². The highest BCUT2D eigenvalue weighted by atomic mass is 32.2. The number of sulfone groups is 1. The maximum atomic E-state index is 14.3. The van der Waals surface area contributed by atoms with Crippen LogP contribution in [0, 0.1) is 12.3 Å². The Hall–Kier alpha value is -7.31. The Labute approximate surface area is 467 Å². The van der Waals surface area contributed by atoms with Crippen LogP contribution in [0.1, 0.15) is 88.0 Å². The number of carbonyl (C=O) groups excluding carboxylic acids is 3. The van der Waals surface area contributed by atoms with Gasteiger partial charge in [-0.15, -0.1) is 11.3 Å². The number of benzene rings is 6. The standard InChI is InChI=1S/C62H71N5O10S2/c1-8-66(33-35-76-50-24-26-51(27-25-50)77-56-53(30-20-46-36-47(68)21-31-54(46)56)43-18-28-52(29-19-43)79(7,73)74)32-10-9-11-34-75-49-22-16-45(17-23-49)59(70)65-58(62(4,5)6)61(72)67-38-48(69)37-55(67)60(71)64-40(2)42-12-14-44(15-13-42)57-41(3)63-39-78-57/h12-31,36,39-40,48,55,58,68-69H,8-11,32-35,37-38H2,1-7H3,(H,64,71)(H,65,70)/t40-,48+,55-,58+/m0/s1. The average Bonchev–Trinajstić information content (AvgIpc) is 4.08. The van der Waals surface area contributed by atoms with Crippen molar-refractivity contribution in [3.63, 3.8) is 0 Å². The summed E-state index contributed by atoms with van der Waals surface area (Å²) in [6.07, 6.45) is 3.18. The molecule has 79 heavy (non-hydrogen) atoms. The third kappa shape index (κ3) is 14.9. The number of amides is 3. The van der Waals surface area contributed by atoms with Gasteiger partial charge in [0.15, 0.2) is 9.84 Å². The number of hydrogen-bond acceptors (Lipinski definition) is 13. The zero-order valence-corrected chi connectivity index (χ0v) is 47.5. The number of aliphatic hydroxyl groups is 1. The second kappa shape index (κ2) is 25.7. The third-order valence-corrected chi connectivity index (χ3v) is 16.4. The number of hydrogen-bond donors (Lipinski definition) is 4. The van der Waals surface area contributed by atoms with Crippen molar-refractivity contribution in [3.8, 4) is 50.3 Å². The summed E-state index contributed by atoms with van der Waals surface area (Å²) in [5.74, 6) is 1.41. The first-order chi connectivity index (χ1) is 37.7. The lowest BCUT2D eigenvalue weighted by molar-refractivity contribution is -0.142. The molecule has 4 N–H and O–H groups in total. The maximum Gasteiger partial charge on any atom is 0.251 e. The SMILES string of the molecule is CCN(CCCCCOc1ccc(C(=O)N[C@H](C(=O)N2C[C@H](O)C[C@H]2C(=O)N[C@@H](C)c2ccc(-c3scnc3C)cc2)C(C)(C)C)cc1)CCOc1ccc(Oc2c(-c3ccc(S(C)(=O)=O)cc3)ccc3cc(O)ccc23)cc1. The number of nitrogens with zero attached hydrogens (tertiary/aromatic N) is 3. The number of aromatic hydroxyl groups is 1. The number of aromatic nitrogens is 1.